The highest BCUT2D eigenvalue weighted by atomic mass is 32.1. The molecule has 0 N–H and O–H groups in total. The van der Waals surface area contributed by atoms with E-state index in [2.05, 4.69) is 41.1 Å². The Hall–Kier alpha value is -0.240. The smallest absolute Gasteiger partial charge is 0.0627 e. The van der Waals surface area contributed by atoms with Gasteiger partial charge in [0.2, 0.25) is 0 Å². The van der Waals surface area contributed by atoms with Crippen LogP contribution in [-0.4, -0.2) is 35.2 Å². The Morgan fingerprint density at radius 1 is 1.42 bits per heavy atom. The van der Waals surface area contributed by atoms with Gasteiger partial charge in [-0.3, -0.25) is 0 Å². The zero-order chi connectivity index (χ0) is 8.97. The molecule has 0 aromatic rings. The maximum Gasteiger partial charge on any atom is 0.0627 e. The van der Waals surface area contributed by atoms with E-state index in [9.17, 15) is 0 Å². The van der Waals surface area contributed by atoms with Crippen LogP contribution >= 0.6 is 12.2 Å². The molecule has 0 aliphatic carbocycles. The molecule has 1 aliphatic rings. The summed E-state index contributed by atoms with van der Waals surface area (Å²) in [5, 5.41) is 2.47. The van der Waals surface area contributed by atoms with E-state index in [0.29, 0.717) is 12.1 Å². The van der Waals surface area contributed by atoms with Gasteiger partial charge in [0.15, 0.2) is 0 Å². The van der Waals surface area contributed by atoms with Gasteiger partial charge in [-0.1, -0.05) is 0 Å². The van der Waals surface area contributed by atoms with Gasteiger partial charge in [-0.05, 0) is 38.9 Å². The second-order valence-corrected chi connectivity index (χ2v) is 3.76. The highest BCUT2D eigenvalue weighted by molar-refractivity contribution is 7.78. The molecule has 0 aromatic carbocycles. The van der Waals surface area contributed by atoms with E-state index < -0.39 is 0 Å². The molecule has 0 atom stereocenters. The van der Waals surface area contributed by atoms with Crippen LogP contribution in [-0.2, 0) is 0 Å². The third kappa shape index (κ3) is 2.67. The molecule has 0 unspecified atom stereocenters. The monoisotopic (exact) mass is 184 g/mol. The Bertz CT molecular complexity index is 177. The molecule has 3 heteroatoms. The zero-order valence-corrected chi connectivity index (χ0v) is 8.60. The van der Waals surface area contributed by atoms with Crippen LogP contribution in [0.15, 0.2) is 4.99 Å². The summed E-state index contributed by atoms with van der Waals surface area (Å²) in [7, 11) is 0. The van der Waals surface area contributed by atoms with Gasteiger partial charge in [-0.25, -0.2) is 4.99 Å². The van der Waals surface area contributed by atoms with Gasteiger partial charge in [-0.2, -0.15) is 0 Å². The Morgan fingerprint density at radius 3 is 2.42 bits per heavy atom. The van der Waals surface area contributed by atoms with E-state index in [0.717, 1.165) is 25.9 Å². The van der Waals surface area contributed by atoms with Crippen molar-refractivity contribution in [1.29, 1.82) is 0 Å². The second-order valence-electron chi connectivity index (χ2n) is 3.58. The minimum absolute atomic E-state index is 0.442. The van der Waals surface area contributed by atoms with Crippen molar-refractivity contribution in [3.8, 4) is 0 Å². The molecule has 68 valence electrons. The van der Waals surface area contributed by atoms with Crippen LogP contribution in [0.25, 0.3) is 0 Å². The lowest BCUT2D eigenvalue weighted by Crippen LogP contribution is -2.39. The third-order valence-electron chi connectivity index (χ3n) is 2.46. The molecule has 2 nitrogen and oxygen atoms in total. The Morgan fingerprint density at radius 2 is 2.00 bits per heavy atom. The van der Waals surface area contributed by atoms with Crippen molar-refractivity contribution in [2.45, 2.75) is 38.8 Å². The molecule has 1 saturated heterocycles. The predicted molar refractivity (Wildman–Crippen MR) is 54.8 cm³/mol. The van der Waals surface area contributed by atoms with Crippen molar-refractivity contribution in [2.75, 3.05) is 13.1 Å². The Kier molecular flexibility index (Phi) is 3.86. The van der Waals surface area contributed by atoms with Crippen molar-refractivity contribution < 1.29 is 0 Å². The minimum Gasteiger partial charge on any atom is -0.301 e. The van der Waals surface area contributed by atoms with Crippen LogP contribution in [0.2, 0.25) is 0 Å². The number of isothiocyanates is 1. The molecule has 0 amide bonds. The summed E-state index contributed by atoms with van der Waals surface area (Å²) in [5.41, 5.74) is 0. The van der Waals surface area contributed by atoms with E-state index in [4.69, 9.17) is 0 Å². The van der Waals surface area contributed by atoms with Crippen molar-refractivity contribution in [1.82, 2.24) is 4.90 Å². The van der Waals surface area contributed by atoms with Crippen molar-refractivity contribution >= 4 is 17.4 Å². The Labute approximate surface area is 79.7 Å². The standard InChI is InChI=1S/C9H16N2S/c1-8(2)11-5-3-9(4-6-11)10-7-12/h8-9H,3-6H2,1-2H3. The average molecular weight is 184 g/mol. The first-order chi connectivity index (χ1) is 5.74. The summed E-state index contributed by atoms with van der Waals surface area (Å²) in [5.74, 6) is 0. The summed E-state index contributed by atoms with van der Waals surface area (Å²) >= 11 is 4.58. The fourth-order valence-electron chi connectivity index (χ4n) is 1.61. The SMILES string of the molecule is CC(C)N1CCC(N=C=S)CC1. The molecular weight excluding hydrogens is 168 g/mol. The quantitative estimate of drug-likeness (QED) is 0.481. The molecule has 0 bridgehead atoms. The first-order valence-electron chi connectivity index (χ1n) is 4.55. The number of thiocarbonyl (C=S) groups is 1. The lowest BCUT2D eigenvalue weighted by atomic mass is 10.0. The van der Waals surface area contributed by atoms with E-state index in [1.807, 2.05) is 0 Å². The molecule has 1 rings (SSSR count). The topological polar surface area (TPSA) is 15.6 Å². The number of hydrogen-bond donors (Lipinski definition) is 0. The molecule has 0 spiro atoms. The number of rotatable bonds is 2. The van der Waals surface area contributed by atoms with Gasteiger partial charge in [0.25, 0.3) is 0 Å². The fraction of sp³-hybridized carbons (Fsp3) is 0.889. The van der Waals surface area contributed by atoms with Gasteiger partial charge in [0.1, 0.15) is 0 Å². The fourth-order valence-corrected chi connectivity index (χ4v) is 1.75. The van der Waals surface area contributed by atoms with E-state index in [1.165, 1.54) is 0 Å². The maximum absolute atomic E-state index is 4.58. The summed E-state index contributed by atoms with van der Waals surface area (Å²) in [6.45, 7) is 6.79. The highest BCUT2D eigenvalue weighted by Crippen LogP contribution is 2.14. The minimum atomic E-state index is 0.442. The van der Waals surface area contributed by atoms with Crippen molar-refractivity contribution in [3.63, 3.8) is 0 Å². The van der Waals surface area contributed by atoms with Crippen LogP contribution in [0.4, 0.5) is 0 Å². The second kappa shape index (κ2) is 4.70. The molecule has 0 aromatic heterocycles. The summed E-state index contributed by atoms with van der Waals surface area (Å²) in [6.07, 6.45) is 2.28. The Balaban J connectivity index is 2.34. The normalized spacial score (nSPS) is 20.9. The molecule has 12 heavy (non-hydrogen) atoms. The summed E-state index contributed by atoms with van der Waals surface area (Å²) < 4.78 is 0. The van der Waals surface area contributed by atoms with Gasteiger partial charge in [0, 0.05) is 19.1 Å². The number of piperidine rings is 1. The van der Waals surface area contributed by atoms with Crippen LogP contribution in [0, 0.1) is 0 Å². The lowest BCUT2D eigenvalue weighted by Gasteiger charge is -2.32. The zero-order valence-electron chi connectivity index (χ0n) is 7.79. The molecule has 1 aliphatic heterocycles. The summed E-state index contributed by atoms with van der Waals surface area (Å²) in [6, 6.07) is 1.11. The first-order valence-corrected chi connectivity index (χ1v) is 4.96. The summed E-state index contributed by atoms with van der Waals surface area (Å²) in [4.78, 5) is 6.60. The van der Waals surface area contributed by atoms with Crippen LogP contribution in [0.3, 0.4) is 0 Å². The molecule has 0 radical (unpaired) electrons. The number of aliphatic imine (C=N–C) groups is 1. The molecule has 1 fully saturated rings. The molecule has 1 heterocycles. The largest absolute Gasteiger partial charge is 0.301 e. The maximum atomic E-state index is 4.58. The van der Waals surface area contributed by atoms with Gasteiger partial charge in [0.05, 0.1) is 11.2 Å². The van der Waals surface area contributed by atoms with Crippen LogP contribution in [0.5, 0.6) is 0 Å². The number of nitrogens with zero attached hydrogens (tertiary/aromatic N) is 2. The van der Waals surface area contributed by atoms with E-state index in [-0.39, 0.29) is 0 Å². The van der Waals surface area contributed by atoms with E-state index >= 15 is 0 Å². The van der Waals surface area contributed by atoms with Gasteiger partial charge >= 0.3 is 0 Å². The van der Waals surface area contributed by atoms with Crippen molar-refractivity contribution in [3.05, 3.63) is 0 Å². The van der Waals surface area contributed by atoms with Crippen LogP contribution < -0.4 is 0 Å². The number of likely N-dealkylation sites (tertiary alicyclic amines) is 1. The predicted octanol–water partition coefficient (Wildman–Crippen LogP) is 1.96. The lowest BCUT2D eigenvalue weighted by molar-refractivity contribution is 0.173. The number of hydrogen-bond acceptors (Lipinski definition) is 3. The molecule has 0 saturated carbocycles. The average Bonchev–Trinajstić information content (AvgIpc) is 2.06. The van der Waals surface area contributed by atoms with Gasteiger partial charge < -0.3 is 4.90 Å². The van der Waals surface area contributed by atoms with Crippen molar-refractivity contribution in [2.24, 2.45) is 4.99 Å². The highest BCUT2D eigenvalue weighted by Gasteiger charge is 2.19. The van der Waals surface area contributed by atoms with Crippen LogP contribution in [0.1, 0.15) is 26.7 Å². The first kappa shape index (κ1) is 9.85. The van der Waals surface area contributed by atoms with E-state index in [1.54, 1.807) is 0 Å². The van der Waals surface area contributed by atoms with Gasteiger partial charge in [-0.15, -0.1) is 0 Å². The molecular formula is C9H16N2S. The third-order valence-corrected chi connectivity index (χ3v) is 2.57.